The van der Waals surface area contributed by atoms with E-state index in [4.69, 9.17) is 9.47 Å². The number of esters is 2. The molecule has 1 aliphatic heterocycles. The van der Waals surface area contributed by atoms with Gasteiger partial charge in [-0.2, -0.15) is 0 Å². The van der Waals surface area contributed by atoms with Gasteiger partial charge in [0.2, 0.25) is 0 Å². The number of carbonyl (C=O) groups excluding carboxylic acids is 2. The third kappa shape index (κ3) is 13.7. The molecule has 0 spiro atoms. The van der Waals surface area contributed by atoms with Crippen LogP contribution in [0, 0.1) is 35.5 Å². The van der Waals surface area contributed by atoms with Crippen LogP contribution in [0.5, 0.6) is 0 Å². The zero-order chi connectivity index (χ0) is 40.6. The van der Waals surface area contributed by atoms with Gasteiger partial charge in [0, 0.05) is 29.4 Å². The summed E-state index contributed by atoms with van der Waals surface area (Å²) in [4.78, 5) is 29.2. The van der Waals surface area contributed by atoms with Crippen molar-refractivity contribution in [2.45, 2.75) is 215 Å². The van der Waals surface area contributed by atoms with Crippen molar-refractivity contribution in [2.75, 3.05) is 0 Å². The molecule has 6 unspecified atom stereocenters. The standard InChI is InChI=1S/C50H82N2O4/c1-10-11-12-13-14-15-16-17-18-19-20-21-22-23-30-52-31-24-25-41(34-52)48-46(49(53)55-44-32-37(6)26-28-42(44)35(2)3)39(8)51-40(9)47(48)50(54)56-45-33-38(7)27-29-43(45)36(4)5/h24-25,31,34-38,42-45,48H,10-23,26-30,32-33H2,1-9H3/p+1. The Labute approximate surface area is 343 Å². The van der Waals surface area contributed by atoms with Crippen LogP contribution in [-0.4, -0.2) is 24.1 Å². The van der Waals surface area contributed by atoms with Crippen molar-refractivity contribution in [3.63, 3.8) is 0 Å². The molecule has 0 radical (unpaired) electrons. The number of hydrogen-bond donors (Lipinski definition) is 1. The number of ether oxygens (including phenoxy) is 2. The molecule has 1 aromatic rings. The topological polar surface area (TPSA) is 68.5 Å². The lowest BCUT2D eigenvalue weighted by Crippen LogP contribution is -2.41. The van der Waals surface area contributed by atoms with Gasteiger partial charge in [0.15, 0.2) is 12.4 Å². The van der Waals surface area contributed by atoms with Gasteiger partial charge in [-0.05, 0) is 87.5 Å². The maximum absolute atomic E-state index is 14.6. The second-order valence-electron chi connectivity index (χ2n) is 19.1. The van der Waals surface area contributed by atoms with Crippen molar-refractivity contribution in [1.82, 2.24) is 5.32 Å². The molecule has 6 atom stereocenters. The Hall–Kier alpha value is -2.63. The molecule has 56 heavy (non-hydrogen) atoms. The highest BCUT2D eigenvalue weighted by Gasteiger charge is 2.43. The number of aryl methyl sites for hydroxylation is 1. The Morgan fingerprint density at radius 3 is 1.54 bits per heavy atom. The first-order chi connectivity index (χ1) is 26.9. The van der Waals surface area contributed by atoms with E-state index < -0.39 is 5.92 Å². The van der Waals surface area contributed by atoms with E-state index in [1.54, 1.807) is 0 Å². The first-order valence-corrected chi connectivity index (χ1v) is 23.5. The van der Waals surface area contributed by atoms with E-state index in [1.807, 2.05) is 13.8 Å². The number of pyridine rings is 1. The largest absolute Gasteiger partial charge is 0.459 e. The molecule has 3 aliphatic rings. The lowest BCUT2D eigenvalue weighted by molar-refractivity contribution is -0.697. The van der Waals surface area contributed by atoms with Gasteiger partial charge in [-0.1, -0.05) is 138 Å². The fourth-order valence-electron chi connectivity index (χ4n) is 10.1. The number of allylic oxidation sites excluding steroid dienone is 2. The third-order valence-corrected chi connectivity index (χ3v) is 13.6. The van der Waals surface area contributed by atoms with Crippen LogP contribution in [0.25, 0.3) is 0 Å². The quantitative estimate of drug-likeness (QED) is 0.0722. The van der Waals surface area contributed by atoms with E-state index in [9.17, 15) is 9.59 Å². The number of dihydropyridines is 1. The van der Waals surface area contributed by atoms with Crippen molar-refractivity contribution in [3.05, 3.63) is 52.6 Å². The minimum absolute atomic E-state index is 0.133. The maximum Gasteiger partial charge on any atom is 0.337 e. The van der Waals surface area contributed by atoms with Gasteiger partial charge < -0.3 is 14.8 Å². The summed E-state index contributed by atoms with van der Waals surface area (Å²) in [7, 11) is 0. The van der Waals surface area contributed by atoms with Crippen molar-refractivity contribution in [3.8, 4) is 0 Å². The molecule has 4 rings (SSSR count). The van der Waals surface area contributed by atoms with E-state index >= 15 is 0 Å². The Balaban J connectivity index is 1.47. The molecule has 6 nitrogen and oxygen atoms in total. The van der Waals surface area contributed by atoms with E-state index in [2.05, 4.69) is 82.9 Å². The summed E-state index contributed by atoms with van der Waals surface area (Å²) in [5.74, 6) is 1.36. The Morgan fingerprint density at radius 1 is 0.679 bits per heavy atom. The fourth-order valence-corrected chi connectivity index (χ4v) is 10.1. The number of aromatic nitrogens is 1. The summed E-state index contributed by atoms with van der Waals surface area (Å²) >= 11 is 0. The highest BCUT2D eigenvalue weighted by Crippen LogP contribution is 2.43. The summed E-state index contributed by atoms with van der Waals surface area (Å²) in [6.45, 7) is 20.6. The van der Waals surface area contributed by atoms with Crippen LogP contribution in [0.15, 0.2) is 47.1 Å². The Kier molecular flexibility index (Phi) is 19.5. The van der Waals surface area contributed by atoms with E-state index in [1.165, 1.54) is 96.3 Å². The SMILES string of the molecule is CCCCCCCCCCCCCCCC[n+]1cccc(C2C(C(=O)OC3CC(C)CCC3C(C)C)=C(C)NC(C)=C2C(=O)OC2CC(C)CCC2C(C)C)c1. The molecule has 6 heteroatoms. The van der Waals surface area contributed by atoms with Crippen molar-refractivity contribution >= 4 is 11.9 Å². The monoisotopic (exact) mass is 776 g/mol. The predicted molar refractivity (Wildman–Crippen MR) is 231 cm³/mol. The molecular formula is C50H83N2O4+. The molecule has 0 amide bonds. The lowest BCUT2D eigenvalue weighted by atomic mass is 9.75. The van der Waals surface area contributed by atoms with Crippen LogP contribution >= 0.6 is 0 Å². The van der Waals surface area contributed by atoms with Gasteiger partial charge in [0.05, 0.1) is 17.1 Å². The van der Waals surface area contributed by atoms with Crippen molar-refractivity contribution in [2.24, 2.45) is 35.5 Å². The first-order valence-electron chi connectivity index (χ1n) is 23.5. The molecule has 316 valence electrons. The number of carbonyl (C=O) groups is 2. The molecule has 0 saturated heterocycles. The van der Waals surface area contributed by atoms with Crippen LogP contribution in [0.1, 0.15) is 202 Å². The number of hydrogen-bond acceptors (Lipinski definition) is 5. The van der Waals surface area contributed by atoms with Crippen molar-refractivity contribution < 1.29 is 23.6 Å². The molecule has 2 aliphatic carbocycles. The summed E-state index contributed by atoms with van der Waals surface area (Å²) in [6.07, 6.45) is 29.0. The van der Waals surface area contributed by atoms with Gasteiger partial charge in [-0.3, -0.25) is 0 Å². The normalized spacial score (nSPS) is 25.8. The van der Waals surface area contributed by atoms with Crippen molar-refractivity contribution in [1.29, 1.82) is 0 Å². The summed E-state index contributed by atoms with van der Waals surface area (Å²) < 4.78 is 15.3. The molecule has 0 aromatic carbocycles. The Bertz CT molecular complexity index is 1360. The third-order valence-electron chi connectivity index (χ3n) is 13.6. The molecule has 2 saturated carbocycles. The number of nitrogens with one attached hydrogen (secondary N) is 1. The van der Waals surface area contributed by atoms with Gasteiger partial charge in [-0.15, -0.1) is 0 Å². The Morgan fingerprint density at radius 2 is 1.11 bits per heavy atom. The van der Waals surface area contributed by atoms with Crippen LogP contribution in [0.4, 0.5) is 0 Å². The number of nitrogens with zero attached hydrogens (tertiary/aromatic N) is 1. The van der Waals surface area contributed by atoms with Gasteiger partial charge >= 0.3 is 11.9 Å². The molecule has 1 aromatic heterocycles. The molecule has 0 bridgehead atoms. The summed E-state index contributed by atoms with van der Waals surface area (Å²) in [5.41, 5.74) is 3.53. The van der Waals surface area contributed by atoms with E-state index in [-0.39, 0.29) is 24.1 Å². The van der Waals surface area contributed by atoms with Crippen LogP contribution in [0.2, 0.25) is 0 Å². The zero-order valence-corrected chi connectivity index (χ0v) is 37.4. The second-order valence-corrected chi connectivity index (χ2v) is 19.1. The first kappa shape index (κ1) is 46.1. The van der Waals surface area contributed by atoms with E-state index in [0.717, 1.165) is 55.6 Å². The number of rotatable bonds is 22. The lowest BCUT2D eigenvalue weighted by Gasteiger charge is -2.39. The highest BCUT2D eigenvalue weighted by molar-refractivity contribution is 6.00. The average Bonchev–Trinajstić information content (AvgIpc) is 3.14. The zero-order valence-electron chi connectivity index (χ0n) is 37.4. The molecule has 2 fully saturated rings. The van der Waals surface area contributed by atoms with Gasteiger partial charge in [0.25, 0.3) is 0 Å². The highest BCUT2D eigenvalue weighted by atomic mass is 16.5. The number of unbranched alkanes of at least 4 members (excludes halogenated alkanes) is 13. The smallest absolute Gasteiger partial charge is 0.337 e. The second kappa shape index (κ2) is 23.7. The minimum atomic E-state index is -0.572. The maximum atomic E-state index is 14.6. The van der Waals surface area contributed by atoms with Crippen LogP contribution in [0.3, 0.4) is 0 Å². The van der Waals surface area contributed by atoms with Crippen LogP contribution < -0.4 is 9.88 Å². The van der Waals surface area contributed by atoms with Gasteiger partial charge in [0.1, 0.15) is 18.8 Å². The molecule has 2 heterocycles. The fraction of sp³-hybridized carbons (Fsp3) is 0.780. The molecule has 1 N–H and O–H groups in total. The van der Waals surface area contributed by atoms with Crippen LogP contribution in [-0.2, 0) is 25.6 Å². The summed E-state index contributed by atoms with van der Waals surface area (Å²) in [5, 5.41) is 3.45. The molecular weight excluding hydrogens is 693 g/mol. The average molecular weight is 776 g/mol. The minimum Gasteiger partial charge on any atom is -0.459 e. The van der Waals surface area contributed by atoms with E-state index in [0.29, 0.717) is 46.7 Å². The van der Waals surface area contributed by atoms with Gasteiger partial charge in [-0.25, -0.2) is 14.2 Å². The summed E-state index contributed by atoms with van der Waals surface area (Å²) in [6, 6.07) is 4.16. The predicted octanol–water partition coefficient (Wildman–Crippen LogP) is 12.7.